The van der Waals surface area contributed by atoms with E-state index >= 15 is 0 Å². The van der Waals surface area contributed by atoms with Gasteiger partial charge in [0.15, 0.2) is 0 Å². The number of thioether (sulfide) groups is 1. The van der Waals surface area contributed by atoms with Crippen LogP contribution in [0.15, 0.2) is 84.9 Å². The van der Waals surface area contributed by atoms with Gasteiger partial charge in [-0.05, 0) is 53.1 Å². The van der Waals surface area contributed by atoms with E-state index in [2.05, 4.69) is 63.8 Å². The fraction of sp³-hybridized carbons (Fsp3) is 0.222. The second-order valence-corrected chi connectivity index (χ2v) is 12.6. The molecule has 9 nitrogen and oxygen atoms in total. The molecule has 1 unspecified atom stereocenters. The van der Waals surface area contributed by atoms with Crippen molar-refractivity contribution in [2.75, 3.05) is 43.1 Å². The maximum atomic E-state index is 13.2. The molecule has 3 aromatic carbocycles. The summed E-state index contributed by atoms with van der Waals surface area (Å²) in [6, 6.07) is 26.9. The van der Waals surface area contributed by atoms with E-state index in [9.17, 15) is 14.4 Å². The number of urea groups is 1. The van der Waals surface area contributed by atoms with Gasteiger partial charge in [-0.2, -0.15) is 11.8 Å². The molecule has 0 bridgehead atoms. The quantitative estimate of drug-likeness (QED) is 0.238. The first-order valence-corrected chi connectivity index (χ1v) is 16.2. The summed E-state index contributed by atoms with van der Waals surface area (Å²) < 4.78 is 5.26. The van der Waals surface area contributed by atoms with Crippen LogP contribution in [0.2, 0.25) is 0 Å². The van der Waals surface area contributed by atoms with E-state index in [-0.39, 0.29) is 12.5 Å². The van der Waals surface area contributed by atoms with E-state index < -0.39 is 17.5 Å². The van der Waals surface area contributed by atoms with Crippen molar-refractivity contribution in [3.05, 3.63) is 102 Å². The number of hydrogen-bond donors (Lipinski definition) is 2. The Labute approximate surface area is 271 Å². The van der Waals surface area contributed by atoms with Gasteiger partial charge in [-0.25, -0.2) is 9.78 Å². The number of amides is 4. The van der Waals surface area contributed by atoms with E-state index in [1.165, 1.54) is 12.0 Å². The Morgan fingerprint density at radius 3 is 2.33 bits per heavy atom. The summed E-state index contributed by atoms with van der Waals surface area (Å²) in [6.07, 6.45) is 0. The molecule has 0 radical (unpaired) electrons. The predicted molar refractivity (Wildman–Crippen MR) is 179 cm³/mol. The first kappa shape index (κ1) is 29.4. The number of imide groups is 1. The lowest BCUT2D eigenvalue weighted by Crippen LogP contribution is -2.54. The van der Waals surface area contributed by atoms with Crippen LogP contribution in [0.3, 0.4) is 0 Å². The lowest BCUT2D eigenvalue weighted by molar-refractivity contribution is -0.122. The number of benzene rings is 3. The fourth-order valence-corrected chi connectivity index (χ4v) is 6.83. The van der Waals surface area contributed by atoms with Crippen molar-refractivity contribution in [2.45, 2.75) is 12.1 Å². The Morgan fingerprint density at radius 1 is 0.913 bits per heavy atom. The standard InChI is InChI=1S/C36H31N5O4S/c1-45-29-14-13-28-22-41(33(42)30(28)21-29)23-36(34(43)38-35(44)39-36)16-15-24-5-7-25(8-6-24)26-9-11-27(12-10-26)31-3-2-4-32(37-31)40-17-19-46-20-18-40/h2-14,21H,17-20,22-23H2,1H3,(H2,38,39,43,44). The summed E-state index contributed by atoms with van der Waals surface area (Å²) in [6.45, 7) is 2.25. The van der Waals surface area contributed by atoms with Gasteiger partial charge in [0, 0.05) is 47.8 Å². The van der Waals surface area contributed by atoms with Crippen LogP contribution in [0.1, 0.15) is 21.5 Å². The second-order valence-electron chi connectivity index (χ2n) is 11.4. The smallest absolute Gasteiger partial charge is 0.323 e. The van der Waals surface area contributed by atoms with Crippen molar-refractivity contribution in [1.29, 1.82) is 0 Å². The highest BCUT2D eigenvalue weighted by Gasteiger charge is 2.48. The summed E-state index contributed by atoms with van der Waals surface area (Å²) >= 11 is 1.98. The van der Waals surface area contributed by atoms with Crippen molar-refractivity contribution in [3.8, 4) is 40.0 Å². The molecule has 2 N–H and O–H groups in total. The molecule has 1 aromatic heterocycles. The predicted octanol–water partition coefficient (Wildman–Crippen LogP) is 4.56. The average Bonchev–Trinajstić information content (AvgIpc) is 3.56. The van der Waals surface area contributed by atoms with Crippen molar-refractivity contribution in [2.24, 2.45) is 0 Å². The highest BCUT2D eigenvalue weighted by Crippen LogP contribution is 2.29. The molecule has 0 spiro atoms. The van der Waals surface area contributed by atoms with Crippen molar-refractivity contribution in [3.63, 3.8) is 0 Å². The summed E-state index contributed by atoms with van der Waals surface area (Å²) in [5.41, 5.74) is 4.50. The third-order valence-corrected chi connectivity index (χ3v) is 9.40. The molecule has 4 heterocycles. The molecule has 10 heteroatoms. The number of anilines is 1. The van der Waals surface area contributed by atoms with Gasteiger partial charge in [-0.3, -0.25) is 14.9 Å². The minimum Gasteiger partial charge on any atom is -0.497 e. The largest absolute Gasteiger partial charge is 0.497 e. The number of carbonyl (C=O) groups excluding carboxylic acids is 3. The first-order chi connectivity index (χ1) is 22.4. The van der Waals surface area contributed by atoms with Crippen LogP contribution in [0.5, 0.6) is 5.75 Å². The molecule has 4 aromatic rings. The zero-order chi connectivity index (χ0) is 31.7. The lowest BCUT2D eigenvalue weighted by atomic mass is 9.98. The van der Waals surface area contributed by atoms with Gasteiger partial charge in [0.2, 0.25) is 5.54 Å². The van der Waals surface area contributed by atoms with Crippen LogP contribution in [-0.4, -0.2) is 71.5 Å². The monoisotopic (exact) mass is 629 g/mol. The number of methoxy groups -OCH3 is 1. The van der Waals surface area contributed by atoms with Gasteiger partial charge in [-0.15, -0.1) is 0 Å². The maximum absolute atomic E-state index is 13.2. The molecule has 230 valence electrons. The number of hydrogen-bond acceptors (Lipinski definition) is 7. The van der Waals surface area contributed by atoms with E-state index in [1.54, 1.807) is 12.1 Å². The highest BCUT2D eigenvalue weighted by molar-refractivity contribution is 7.99. The number of ether oxygens (including phenoxy) is 1. The number of rotatable bonds is 6. The number of fused-ring (bicyclic) bond motifs is 1. The van der Waals surface area contributed by atoms with Crippen LogP contribution in [0.4, 0.5) is 10.6 Å². The number of pyridine rings is 1. The SMILES string of the molecule is COc1ccc2c(c1)C(=O)N(CC1(C#Cc3ccc(-c4ccc(-c5cccc(N6CCSCC6)n5)cc4)cc3)NC(=O)NC1=O)C2. The van der Waals surface area contributed by atoms with Gasteiger partial charge in [-0.1, -0.05) is 60.4 Å². The van der Waals surface area contributed by atoms with Crippen LogP contribution in [0.25, 0.3) is 22.4 Å². The van der Waals surface area contributed by atoms with E-state index in [0.717, 1.165) is 58.4 Å². The van der Waals surface area contributed by atoms with E-state index in [0.29, 0.717) is 23.4 Å². The van der Waals surface area contributed by atoms with Crippen molar-refractivity contribution in [1.82, 2.24) is 20.5 Å². The van der Waals surface area contributed by atoms with Crippen LogP contribution >= 0.6 is 11.8 Å². The lowest BCUT2D eigenvalue weighted by Gasteiger charge is -2.27. The molecule has 1 atom stereocenters. The van der Waals surface area contributed by atoms with Crippen molar-refractivity contribution < 1.29 is 19.1 Å². The number of aromatic nitrogens is 1. The maximum Gasteiger partial charge on any atom is 0.323 e. The van der Waals surface area contributed by atoms with Gasteiger partial charge < -0.3 is 19.9 Å². The molecular formula is C36H31N5O4S. The third-order valence-electron chi connectivity index (χ3n) is 8.45. The minimum atomic E-state index is -1.58. The van der Waals surface area contributed by atoms with Crippen LogP contribution < -0.4 is 20.3 Å². The first-order valence-electron chi connectivity index (χ1n) is 15.0. The molecule has 0 saturated carbocycles. The fourth-order valence-electron chi connectivity index (χ4n) is 5.92. The summed E-state index contributed by atoms with van der Waals surface area (Å²) in [7, 11) is 1.54. The van der Waals surface area contributed by atoms with Gasteiger partial charge in [0.1, 0.15) is 11.6 Å². The minimum absolute atomic E-state index is 0.0906. The zero-order valence-corrected chi connectivity index (χ0v) is 26.0. The normalized spacial score (nSPS) is 18.8. The van der Waals surface area contributed by atoms with E-state index in [1.807, 2.05) is 48.2 Å². The molecule has 2 fully saturated rings. The zero-order valence-electron chi connectivity index (χ0n) is 25.2. The molecule has 7 rings (SSSR count). The molecule has 2 saturated heterocycles. The summed E-state index contributed by atoms with van der Waals surface area (Å²) in [4.78, 5) is 47.2. The highest BCUT2D eigenvalue weighted by atomic mass is 32.2. The molecule has 3 aliphatic rings. The van der Waals surface area contributed by atoms with Crippen LogP contribution in [-0.2, 0) is 11.3 Å². The molecule has 0 aliphatic carbocycles. The third kappa shape index (κ3) is 5.77. The molecular weight excluding hydrogens is 598 g/mol. The average molecular weight is 630 g/mol. The Bertz CT molecular complexity index is 1890. The van der Waals surface area contributed by atoms with Gasteiger partial charge >= 0.3 is 6.03 Å². The Hall–Kier alpha value is -5.27. The van der Waals surface area contributed by atoms with Gasteiger partial charge in [0.05, 0.1) is 19.3 Å². The molecule has 4 amide bonds. The summed E-state index contributed by atoms with van der Waals surface area (Å²) in [5.74, 6) is 9.05. The van der Waals surface area contributed by atoms with E-state index in [4.69, 9.17) is 9.72 Å². The molecule has 46 heavy (non-hydrogen) atoms. The number of carbonyl (C=O) groups is 3. The topological polar surface area (TPSA) is 104 Å². The summed E-state index contributed by atoms with van der Waals surface area (Å²) in [5, 5.41) is 4.94. The number of nitrogens with zero attached hydrogens (tertiary/aromatic N) is 3. The Kier molecular flexibility index (Phi) is 7.84. The second kappa shape index (κ2) is 12.3. The number of nitrogens with one attached hydrogen (secondary N) is 2. The van der Waals surface area contributed by atoms with Crippen molar-refractivity contribution >= 4 is 35.4 Å². The Morgan fingerprint density at radius 2 is 1.63 bits per heavy atom. The molecule has 3 aliphatic heterocycles. The Balaban J connectivity index is 1.07. The van der Waals surface area contributed by atoms with Crippen LogP contribution in [0, 0.1) is 11.8 Å². The van der Waals surface area contributed by atoms with Gasteiger partial charge in [0.25, 0.3) is 11.8 Å².